The van der Waals surface area contributed by atoms with Gasteiger partial charge in [0.25, 0.3) is 3.79 Å². The van der Waals surface area contributed by atoms with Gasteiger partial charge in [-0.25, -0.2) is 4.79 Å². The first-order valence-corrected chi connectivity index (χ1v) is 4.86. The lowest BCUT2D eigenvalue weighted by Gasteiger charge is -2.10. The summed E-state index contributed by atoms with van der Waals surface area (Å²) in [4.78, 5) is 11.2. The van der Waals surface area contributed by atoms with Crippen LogP contribution in [-0.4, -0.2) is 9.76 Å². The number of benzene rings is 1. The Morgan fingerprint density at radius 2 is 1.93 bits per heavy atom. The Labute approximate surface area is 101 Å². The number of para-hydroxylation sites is 1. The van der Waals surface area contributed by atoms with Gasteiger partial charge in [-0.3, -0.25) is 0 Å². The van der Waals surface area contributed by atoms with Gasteiger partial charge in [0.15, 0.2) is 0 Å². The van der Waals surface area contributed by atoms with Crippen molar-refractivity contribution >= 4 is 40.8 Å². The molecule has 1 aromatic carbocycles. The number of esters is 1. The number of nitriles is 1. The maximum Gasteiger partial charge on any atom is 0.363 e. The lowest BCUT2D eigenvalue weighted by atomic mass is 10.2. The van der Waals surface area contributed by atoms with Gasteiger partial charge in [-0.2, -0.15) is 5.26 Å². The normalized spacial score (nSPS) is 10.5. The standard InChI is InChI=1S/C9H4Cl3NO2/c10-9(11,12)8(14)15-7-4-2-1-3-6(7)5-13/h1-4H. The van der Waals surface area contributed by atoms with E-state index >= 15 is 0 Å². The highest BCUT2D eigenvalue weighted by molar-refractivity contribution is 6.75. The molecule has 0 N–H and O–H groups in total. The molecule has 0 atom stereocenters. The molecule has 0 aliphatic carbocycles. The van der Waals surface area contributed by atoms with Gasteiger partial charge < -0.3 is 4.74 Å². The van der Waals surface area contributed by atoms with Crippen molar-refractivity contribution in [3.8, 4) is 11.8 Å². The van der Waals surface area contributed by atoms with E-state index in [9.17, 15) is 4.79 Å². The summed E-state index contributed by atoms with van der Waals surface area (Å²) < 4.78 is 2.59. The number of carbonyl (C=O) groups is 1. The molecule has 3 nitrogen and oxygen atoms in total. The van der Waals surface area contributed by atoms with Crippen molar-refractivity contribution in [2.24, 2.45) is 0 Å². The summed E-state index contributed by atoms with van der Waals surface area (Å²) in [5.41, 5.74) is 0.195. The molecule has 0 heterocycles. The Morgan fingerprint density at radius 3 is 2.47 bits per heavy atom. The topological polar surface area (TPSA) is 50.1 Å². The third kappa shape index (κ3) is 3.28. The molecule has 0 saturated heterocycles. The van der Waals surface area contributed by atoms with Crippen molar-refractivity contribution in [1.82, 2.24) is 0 Å². The molecule has 0 radical (unpaired) electrons. The van der Waals surface area contributed by atoms with E-state index in [1.807, 2.05) is 6.07 Å². The highest BCUT2D eigenvalue weighted by atomic mass is 35.6. The van der Waals surface area contributed by atoms with Gasteiger partial charge in [-0.1, -0.05) is 46.9 Å². The molecule has 78 valence electrons. The van der Waals surface area contributed by atoms with E-state index in [0.717, 1.165) is 0 Å². The van der Waals surface area contributed by atoms with Gasteiger partial charge in [0.2, 0.25) is 0 Å². The fourth-order valence-corrected chi connectivity index (χ4v) is 0.921. The number of hydrogen-bond donors (Lipinski definition) is 0. The van der Waals surface area contributed by atoms with Crippen LogP contribution in [0, 0.1) is 11.3 Å². The second kappa shape index (κ2) is 4.71. The average molecular weight is 264 g/mol. The van der Waals surface area contributed by atoms with Crippen LogP contribution >= 0.6 is 34.8 Å². The van der Waals surface area contributed by atoms with Gasteiger partial charge in [0.1, 0.15) is 11.8 Å². The molecule has 6 heteroatoms. The summed E-state index contributed by atoms with van der Waals surface area (Å²) in [5.74, 6) is -0.980. The molecule has 0 spiro atoms. The largest absolute Gasteiger partial charge is 0.422 e. The summed E-state index contributed by atoms with van der Waals surface area (Å²) >= 11 is 15.9. The number of rotatable bonds is 1. The van der Waals surface area contributed by atoms with E-state index < -0.39 is 9.76 Å². The number of nitrogens with zero attached hydrogens (tertiary/aromatic N) is 1. The van der Waals surface area contributed by atoms with Crippen LogP contribution in [0.15, 0.2) is 24.3 Å². The zero-order valence-corrected chi connectivity index (χ0v) is 9.47. The monoisotopic (exact) mass is 263 g/mol. The molecule has 0 aliphatic rings. The first-order valence-electron chi connectivity index (χ1n) is 3.73. The van der Waals surface area contributed by atoms with Crippen molar-refractivity contribution in [2.45, 2.75) is 3.79 Å². The summed E-state index contributed by atoms with van der Waals surface area (Å²) in [5, 5.41) is 8.69. The minimum absolute atomic E-state index is 0.0660. The van der Waals surface area contributed by atoms with E-state index in [4.69, 9.17) is 44.8 Å². The molecule has 0 unspecified atom stereocenters. The number of ether oxygens (including phenoxy) is 1. The minimum atomic E-state index is -2.15. The van der Waals surface area contributed by atoms with Gasteiger partial charge >= 0.3 is 5.97 Å². The van der Waals surface area contributed by atoms with Gasteiger partial charge in [-0.05, 0) is 12.1 Å². The Kier molecular flexibility index (Phi) is 3.81. The fraction of sp³-hybridized carbons (Fsp3) is 0.111. The van der Waals surface area contributed by atoms with Crippen molar-refractivity contribution in [3.63, 3.8) is 0 Å². The number of halogens is 3. The van der Waals surface area contributed by atoms with Crippen LogP contribution < -0.4 is 4.74 Å². The quantitative estimate of drug-likeness (QED) is 0.445. The number of alkyl halides is 3. The Balaban J connectivity index is 2.92. The van der Waals surface area contributed by atoms with E-state index in [1.54, 1.807) is 12.1 Å². The smallest absolute Gasteiger partial charge is 0.363 e. The molecular formula is C9H4Cl3NO2. The summed E-state index contributed by atoms with van der Waals surface area (Å²) in [7, 11) is 0. The van der Waals surface area contributed by atoms with E-state index in [1.165, 1.54) is 12.1 Å². The van der Waals surface area contributed by atoms with Crippen LogP contribution in [0.5, 0.6) is 5.75 Å². The van der Waals surface area contributed by atoms with Gasteiger partial charge in [0.05, 0.1) is 5.56 Å². The van der Waals surface area contributed by atoms with Crippen molar-refractivity contribution in [1.29, 1.82) is 5.26 Å². The molecule has 0 saturated carbocycles. The maximum absolute atomic E-state index is 11.2. The first-order chi connectivity index (χ1) is 6.95. The minimum Gasteiger partial charge on any atom is -0.422 e. The molecule has 15 heavy (non-hydrogen) atoms. The molecule has 0 aliphatic heterocycles. The predicted molar refractivity (Wildman–Crippen MR) is 57.1 cm³/mol. The van der Waals surface area contributed by atoms with E-state index in [0.29, 0.717) is 0 Å². The molecule has 0 fully saturated rings. The van der Waals surface area contributed by atoms with Crippen LogP contribution in [0.25, 0.3) is 0 Å². The lowest BCUT2D eigenvalue weighted by Crippen LogP contribution is -2.25. The van der Waals surface area contributed by atoms with Crippen LogP contribution in [0.4, 0.5) is 0 Å². The first kappa shape index (κ1) is 12.1. The molecule has 0 amide bonds. The zero-order valence-electron chi connectivity index (χ0n) is 7.21. The van der Waals surface area contributed by atoms with Crippen LogP contribution in [0.3, 0.4) is 0 Å². The average Bonchev–Trinajstić information content (AvgIpc) is 2.17. The summed E-state index contributed by atoms with van der Waals surface area (Å²) in [6.07, 6.45) is 0. The van der Waals surface area contributed by atoms with Crippen LogP contribution in [0.1, 0.15) is 5.56 Å². The number of hydrogen-bond acceptors (Lipinski definition) is 3. The molecule has 1 rings (SSSR count). The third-order valence-electron chi connectivity index (χ3n) is 1.44. The van der Waals surface area contributed by atoms with Crippen molar-refractivity contribution < 1.29 is 9.53 Å². The Morgan fingerprint density at radius 1 is 1.33 bits per heavy atom. The lowest BCUT2D eigenvalue weighted by molar-refractivity contribution is -0.133. The Bertz CT molecular complexity index is 420. The highest BCUT2D eigenvalue weighted by Crippen LogP contribution is 2.29. The number of carbonyl (C=O) groups excluding carboxylic acids is 1. The fourth-order valence-electron chi connectivity index (χ4n) is 0.806. The second-order valence-electron chi connectivity index (χ2n) is 2.50. The molecule has 1 aromatic rings. The van der Waals surface area contributed by atoms with Crippen molar-refractivity contribution in [3.05, 3.63) is 29.8 Å². The van der Waals surface area contributed by atoms with E-state index in [-0.39, 0.29) is 11.3 Å². The third-order valence-corrected chi connectivity index (χ3v) is 1.90. The Hall–Kier alpha value is -0.950. The maximum atomic E-state index is 11.2. The second-order valence-corrected chi connectivity index (χ2v) is 4.78. The molecule has 0 bridgehead atoms. The van der Waals surface area contributed by atoms with Crippen LogP contribution in [-0.2, 0) is 4.79 Å². The van der Waals surface area contributed by atoms with Gasteiger partial charge in [0, 0.05) is 0 Å². The summed E-state index contributed by atoms with van der Waals surface area (Å²) in [6.45, 7) is 0. The van der Waals surface area contributed by atoms with Crippen molar-refractivity contribution in [2.75, 3.05) is 0 Å². The molecular weight excluding hydrogens is 260 g/mol. The van der Waals surface area contributed by atoms with Gasteiger partial charge in [-0.15, -0.1) is 0 Å². The zero-order chi connectivity index (χ0) is 11.5. The SMILES string of the molecule is N#Cc1ccccc1OC(=O)C(Cl)(Cl)Cl. The summed E-state index contributed by atoms with van der Waals surface area (Å²) in [6, 6.07) is 8.00. The predicted octanol–water partition coefficient (Wildman–Crippen LogP) is 2.83. The molecule has 0 aromatic heterocycles. The van der Waals surface area contributed by atoms with E-state index in [2.05, 4.69) is 0 Å². The highest BCUT2D eigenvalue weighted by Gasteiger charge is 2.33. The van der Waals surface area contributed by atoms with Crippen LogP contribution in [0.2, 0.25) is 0 Å².